The van der Waals surface area contributed by atoms with E-state index in [1.165, 1.54) is 7.11 Å². The Labute approximate surface area is 95.7 Å². The summed E-state index contributed by atoms with van der Waals surface area (Å²) < 4.78 is 9.35. The van der Waals surface area contributed by atoms with Crippen molar-refractivity contribution in [3.63, 3.8) is 0 Å². The van der Waals surface area contributed by atoms with E-state index in [-0.39, 0.29) is 18.8 Å². The minimum atomic E-state index is -0.949. The molecule has 0 saturated heterocycles. The van der Waals surface area contributed by atoms with Gasteiger partial charge in [0.1, 0.15) is 11.6 Å². The summed E-state index contributed by atoms with van der Waals surface area (Å²) in [5.41, 5.74) is 4.81. The van der Waals surface area contributed by atoms with Crippen LogP contribution in [0.4, 0.5) is 0 Å². The lowest BCUT2D eigenvalue weighted by Crippen LogP contribution is -2.36. The molecule has 0 fully saturated rings. The van der Waals surface area contributed by atoms with Crippen LogP contribution in [0.5, 0.6) is 0 Å². The fraction of sp³-hybridized carbons (Fsp3) is 0.778. The highest BCUT2D eigenvalue weighted by Crippen LogP contribution is 2.08. The summed E-state index contributed by atoms with van der Waals surface area (Å²) in [7, 11) is 1.22. The molecule has 0 aliphatic heterocycles. The number of methoxy groups -OCH3 is 1. The third-order valence-corrected chi connectivity index (χ3v) is 1.31. The second-order valence-corrected chi connectivity index (χ2v) is 3.92. The summed E-state index contributed by atoms with van der Waals surface area (Å²) >= 11 is 0. The zero-order valence-corrected chi connectivity index (χ0v) is 10.2. The second kappa shape index (κ2) is 6.63. The van der Waals surface area contributed by atoms with Crippen LogP contribution in [-0.4, -0.2) is 30.7 Å². The number of carbonyl (C=O) groups excluding carboxylic acids is 2. The van der Waals surface area contributed by atoms with Gasteiger partial charge in [-0.1, -0.05) is 0 Å². The molecule has 0 radical (unpaired) electrons. The Morgan fingerprint density at radius 1 is 1.33 bits per heavy atom. The Hall–Kier alpha value is -0.810. The van der Waals surface area contributed by atoms with Gasteiger partial charge in [-0.05, 0) is 20.8 Å². The van der Waals surface area contributed by atoms with Crippen molar-refractivity contribution in [2.75, 3.05) is 7.11 Å². The molecule has 0 bridgehead atoms. The molecule has 0 amide bonds. The zero-order chi connectivity index (χ0) is 11.4. The van der Waals surface area contributed by atoms with Crippen LogP contribution in [0.1, 0.15) is 27.2 Å². The first-order valence-electron chi connectivity index (χ1n) is 4.31. The van der Waals surface area contributed by atoms with Crippen LogP contribution in [-0.2, 0) is 19.1 Å². The number of hydrogen-bond donors (Lipinski definition) is 1. The summed E-state index contributed by atoms with van der Waals surface area (Å²) in [4.78, 5) is 22.0. The maximum absolute atomic E-state index is 11.2. The van der Waals surface area contributed by atoms with E-state index in [0.29, 0.717) is 0 Å². The van der Waals surface area contributed by atoms with Gasteiger partial charge in [-0.3, -0.25) is 9.59 Å². The number of halogens is 1. The maximum Gasteiger partial charge on any atom is 0.323 e. The highest BCUT2D eigenvalue weighted by atomic mass is 35.5. The molecule has 0 rings (SSSR count). The number of esters is 2. The van der Waals surface area contributed by atoms with E-state index in [9.17, 15) is 9.59 Å². The number of ether oxygens (including phenoxy) is 2. The van der Waals surface area contributed by atoms with Crippen LogP contribution in [0.15, 0.2) is 0 Å². The fourth-order valence-electron chi connectivity index (χ4n) is 0.797. The van der Waals surface area contributed by atoms with Crippen molar-refractivity contribution in [3.05, 3.63) is 0 Å². The van der Waals surface area contributed by atoms with Gasteiger partial charge in [-0.15, -0.1) is 12.4 Å². The van der Waals surface area contributed by atoms with E-state index < -0.39 is 23.6 Å². The summed E-state index contributed by atoms with van der Waals surface area (Å²) in [6, 6.07) is -0.949. The maximum atomic E-state index is 11.2. The van der Waals surface area contributed by atoms with E-state index in [2.05, 4.69) is 4.74 Å². The van der Waals surface area contributed by atoms with Crippen molar-refractivity contribution in [1.82, 2.24) is 0 Å². The zero-order valence-electron chi connectivity index (χ0n) is 9.40. The predicted octanol–water partition coefficient (Wildman–Crippen LogP) is 0.640. The average Bonchev–Trinajstić information content (AvgIpc) is 1.99. The molecule has 1 unspecified atom stereocenters. The van der Waals surface area contributed by atoms with E-state index in [0.717, 1.165) is 0 Å². The SMILES string of the molecule is COC(=O)C(N)CC(=O)OC(C)(C)C.Cl. The molecule has 2 N–H and O–H groups in total. The molecular formula is C9H18ClNO4. The van der Waals surface area contributed by atoms with Crippen molar-refractivity contribution in [3.8, 4) is 0 Å². The lowest BCUT2D eigenvalue weighted by atomic mass is 10.2. The first-order valence-corrected chi connectivity index (χ1v) is 4.31. The Morgan fingerprint density at radius 3 is 2.13 bits per heavy atom. The second-order valence-electron chi connectivity index (χ2n) is 3.92. The predicted molar refractivity (Wildman–Crippen MR) is 57.7 cm³/mol. The molecule has 0 aromatic heterocycles. The third-order valence-electron chi connectivity index (χ3n) is 1.31. The summed E-state index contributed by atoms with van der Waals surface area (Å²) in [5, 5.41) is 0. The molecule has 1 atom stereocenters. The lowest BCUT2D eigenvalue weighted by molar-refractivity contribution is -0.158. The van der Waals surface area contributed by atoms with Gasteiger partial charge in [0.2, 0.25) is 0 Å². The largest absolute Gasteiger partial charge is 0.468 e. The molecule has 15 heavy (non-hydrogen) atoms. The van der Waals surface area contributed by atoms with Crippen LogP contribution >= 0.6 is 12.4 Å². The van der Waals surface area contributed by atoms with Gasteiger partial charge in [0.15, 0.2) is 0 Å². The molecule has 5 nitrogen and oxygen atoms in total. The van der Waals surface area contributed by atoms with Crippen LogP contribution in [0.3, 0.4) is 0 Å². The van der Waals surface area contributed by atoms with E-state index in [1.54, 1.807) is 20.8 Å². The molecule has 90 valence electrons. The van der Waals surface area contributed by atoms with Gasteiger partial charge in [-0.2, -0.15) is 0 Å². The quantitative estimate of drug-likeness (QED) is 0.732. The van der Waals surface area contributed by atoms with Gasteiger partial charge >= 0.3 is 11.9 Å². The number of nitrogens with two attached hydrogens (primary N) is 1. The lowest BCUT2D eigenvalue weighted by Gasteiger charge is -2.20. The first kappa shape index (κ1) is 16.6. The third kappa shape index (κ3) is 8.20. The Kier molecular flexibility index (Phi) is 7.35. The topological polar surface area (TPSA) is 78.6 Å². The molecule has 0 aromatic rings. The number of rotatable bonds is 3. The summed E-state index contributed by atoms with van der Waals surface area (Å²) in [6.45, 7) is 5.23. The number of hydrogen-bond acceptors (Lipinski definition) is 5. The Morgan fingerprint density at radius 2 is 1.80 bits per heavy atom. The van der Waals surface area contributed by atoms with Gasteiger partial charge in [0.25, 0.3) is 0 Å². The van der Waals surface area contributed by atoms with E-state index in [1.807, 2.05) is 0 Å². The molecular weight excluding hydrogens is 222 g/mol. The Balaban J connectivity index is 0. The average molecular weight is 240 g/mol. The van der Waals surface area contributed by atoms with E-state index >= 15 is 0 Å². The highest BCUT2D eigenvalue weighted by Gasteiger charge is 2.22. The Bertz CT molecular complexity index is 225. The monoisotopic (exact) mass is 239 g/mol. The van der Waals surface area contributed by atoms with Gasteiger partial charge < -0.3 is 15.2 Å². The van der Waals surface area contributed by atoms with Crippen molar-refractivity contribution >= 4 is 24.3 Å². The molecule has 0 saturated carbocycles. The normalized spacial score (nSPS) is 12.3. The van der Waals surface area contributed by atoms with Gasteiger partial charge in [-0.25, -0.2) is 0 Å². The molecule has 0 heterocycles. The van der Waals surface area contributed by atoms with Crippen molar-refractivity contribution < 1.29 is 19.1 Å². The van der Waals surface area contributed by atoms with Crippen LogP contribution in [0.25, 0.3) is 0 Å². The van der Waals surface area contributed by atoms with Crippen LogP contribution < -0.4 is 5.73 Å². The summed E-state index contributed by atoms with van der Waals surface area (Å²) in [5.74, 6) is -1.12. The van der Waals surface area contributed by atoms with Crippen molar-refractivity contribution in [1.29, 1.82) is 0 Å². The van der Waals surface area contributed by atoms with Crippen molar-refractivity contribution in [2.24, 2.45) is 5.73 Å². The molecule has 0 spiro atoms. The smallest absolute Gasteiger partial charge is 0.323 e. The van der Waals surface area contributed by atoms with Gasteiger partial charge in [0, 0.05) is 0 Å². The number of carbonyl (C=O) groups is 2. The highest BCUT2D eigenvalue weighted by molar-refractivity contribution is 5.85. The first-order chi connectivity index (χ1) is 6.26. The van der Waals surface area contributed by atoms with Crippen LogP contribution in [0.2, 0.25) is 0 Å². The molecule has 6 heteroatoms. The van der Waals surface area contributed by atoms with E-state index in [4.69, 9.17) is 10.5 Å². The minimum absolute atomic E-state index is 0. The molecule has 0 aliphatic rings. The minimum Gasteiger partial charge on any atom is -0.468 e. The van der Waals surface area contributed by atoms with Crippen LogP contribution in [0, 0.1) is 0 Å². The van der Waals surface area contributed by atoms with Gasteiger partial charge in [0.05, 0.1) is 13.5 Å². The molecule has 0 aliphatic carbocycles. The fourth-order valence-corrected chi connectivity index (χ4v) is 0.797. The standard InChI is InChI=1S/C9H17NO4.ClH/c1-9(2,3)14-7(11)5-6(10)8(12)13-4;/h6H,5,10H2,1-4H3;1H. The molecule has 0 aromatic carbocycles. The summed E-state index contributed by atoms with van der Waals surface area (Å²) in [6.07, 6.45) is -0.163. The van der Waals surface area contributed by atoms with Crippen molar-refractivity contribution in [2.45, 2.75) is 38.8 Å².